The Morgan fingerprint density at radius 2 is 1.89 bits per heavy atom. The van der Waals surface area contributed by atoms with E-state index >= 15 is 0 Å². The Labute approximate surface area is 167 Å². The third-order valence-corrected chi connectivity index (χ3v) is 6.26. The number of rotatable bonds is 6. The van der Waals surface area contributed by atoms with Gasteiger partial charge < -0.3 is 14.2 Å². The molecule has 1 aromatic carbocycles. The Bertz CT molecular complexity index is 787. The topological polar surface area (TPSA) is 47.4 Å². The van der Waals surface area contributed by atoms with Crippen molar-refractivity contribution in [1.82, 2.24) is 14.5 Å². The molecule has 1 amide bonds. The molecule has 2 heterocycles. The maximum Gasteiger partial charge on any atom is 0.260 e. The largest absolute Gasteiger partial charge is 0.483 e. The maximum atomic E-state index is 12.6. The highest BCUT2D eigenvalue weighted by Gasteiger charge is 2.22. The van der Waals surface area contributed by atoms with Crippen molar-refractivity contribution in [2.24, 2.45) is 11.8 Å². The average Bonchev–Trinajstić information content (AvgIpc) is 3.39. The standard InChI is InChI=1S/C23H31N3O2/c1-18-10-13-25(14-11-18)22(27)17-28-21-9-5-4-8-20(21)23-24-12-15-26(23)16-19-6-2-3-7-19/h4-5,8-9,12,15,18-19H,2-3,6-7,10-11,13-14,16-17H2,1H3. The third kappa shape index (κ3) is 4.40. The fourth-order valence-corrected chi connectivity index (χ4v) is 4.44. The zero-order valence-electron chi connectivity index (χ0n) is 16.8. The van der Waals surface area contributed by atoms with Gasteiger partial charge in [-0.15, -0.1) is 0 Å². The van der Waals surface area contributed by atoms with Crippen LogP contribution in [0.4, 0.5) is 0 Å². The van der Waals surface area contributed by atoms with E-state index in [1.54, 1.807) is 0 Å². The fourth-order valence-electron chi connectivity index (χ4n) is 4.44. The number of hydrogen-bond donors (Lipinski definition) is 0. The van der Waals surface area contributed by atoms with Crippen molar-refractivity contribution >= 4 is 5.91 Å². The van der Waals surface area contributed by atoms with Gasteiger partial charge in [-0.3, -0.25) is 4.79 Å². The molecule has 5 nitrogen and oxygen atoms in total. The molecular weight excluding hydrogens is 350 g/mol. The number of benzene rings is 1. The summed E-state index contributed by atoms with van der Waals surface area (Å²) in [5, 5.41) is 0. The van der Waals surface area contributed by atoms with Gasteiger partial charge >= 0.3 is 0 Å². The van der Waals surface area contributed by atoms with Crippen molar-refractivity contribution in [3.8, 4) is 17.1 Å². The Morgan fingerprint density at radius 1 is 1.14 bits per heavy atom. The van der Waals surface area contributed by atoms with E-state index in [0.29, 0.717) is 5.92 Å². The molecule has 1 saturated carbocycles. The second-order valence-electron chi connectivity index (χ2n) is 8.40. The smallest absolute Gasteiger partial charge is 0.260 e. The molecule has 0 spiro atoms. The number of nitrogens with zero attached hydrogens (tertiary/aromatic N) is 3. The van der Waals surface area contributed by atoms with Gasteiger partial charge in [-0.1, -0.05) is 31.9 Å². The van der Waals surface area contributed by atoms with Crippen molar-refractivity contribution < 1.29 is 9.53 Å². The highest BCUT2D eigenvalue weighted by molar-refractivity contribution is 5.78. The predicted molar refractivity (Wildman–Crippen MR) is 110 cm³/mol. The monoisotopic (exact) mass is 381 g/mol. The molecule has 1 saturated heterocycles. The van der Waals surface area contributed by atoms with Crippen LogP contribution in [-0.2, 0) is 11.3 Å². The number of imidazole rings is 1. The molecule has 2 aromatic rings. The van der Waals surface area contributed by atoms with Crippen molar-refractivity contribution in [2.75, 3.05) is 19.7 Å². The summed E-state index contributed by atoms with van der Waals surface area (Å²) < 4.78 is 8.23. The molecule has 2 fully saturated rings. The Kier molecular flexibility index (Phi) is 5.98. The molecular formula is C23H31N3O2. The first-order chi connectivity index (χ1) is 13.7. The van der Waals surface area contributed by atoms with Crippen LogP contribution in [-0.4, -0.2) is 40.1 Å². The number of piperidine rings is 1. The van der Waals surface area contributed by atoms with Gasteiger partial charge in [0.25, 0.3) is 5.91 Å². The van der Waals surface area contributed by atoms with E-state index in [4.69, 9.17) is 4.74 Å². The first-order valence-electron chi connectivity index (χ1n) is 10.7. The average molecular weight is 382 g/mol. The molecule has 0 N–H and O–H groups in total. The van der Waals surface area contributed by atoms with Crippen molar-refractivity contribution in [1.29, 1.82) is 0 Å². The molecule has 4 rings (SSSR count). The van der Waals surface area contributed by atoms with Gasteiger partial charge in [-0.2, -0.15) is 0 Å². The van der Waals surface area contributed by atoms with E-state index in [0.717, 1.165) is 55.5 Å². The maximum absolute atomic E-state index is 12.6. The Hall–Kier alpha value is -2.30. The number of para-hydroxylation sites is 1. The summed E-state index contributed by atoms with van der Waals surface area (Å²) in [6.45, 7) is 5.04. The van der Waals surface area contributed by atoms with E-state index in [2.05, 4.69) is 22.7 Å². The van der Waals surface area contributed by atoms with E-state index in [-0.39, 0.29) is 12.5 Å². The molecule has 150 valence electrons. The fraction of sp³-hybridized carbons (Fsp3) is 0.565. The predicted octanol–water partition coefficient (Wildman–Crippen LogP) is 4.38. The molecule has 0 unspecified atom stereocenters. The van der Waals surface area contributed by atoms with Crippen LogP contribution >= 0.6 is 0 Å². The van der Waals surface area contributed by atoms with Crippen molar-refractivity contribution in [3.63, 3.8) is 0 Å². The van der Waals surface area contributed by atoms with Gasteiger partial charge in [0, 0.05) is 32.0 Å². The minimum atomic E-state index is 0.0796. The van der Waals surface area contributed by atoms with Crippen LogP contribution in [0, 0.1) is 11.8 Å². The summed E-state index contributed by atoms with van der Waals surface area (Å²) in [6.07, 6.45) is 11.4. The lowest BCUT2D eigenvalue weighted by molar-refractivity contribution is -0.134. The number of ether oxygens (including phenoxy) is 1. The van der Waals surface area contributed by atoms with Crippen LogP contribution in [0.15, 0.2) is 36.7 Å². The van der Waals surface area contributed by atoms with Gasteiger partial charge in [-0.05, 0) is 49.7 Å². The molecule has 1 aliphatic carbocycles. The summed E-state index contributed by atoms with van der Waals surface area (Å²) in [5.74, 6) is 3.20. The van der Waals surface area contributed by atoms with Gasteiger partial charge in [0.05, 0.1) is 5.56 Å². The zero-order chi connectivity index (χ0) is 19.3. The normalized spacial score (nSPS) is 18.5. The van der Waals surface area contributed by atoms with Crippen LogP contribution in [0.25, 0.3) is 11.4 Å². The summed E-state index contributed by atoms with van der Waals surface area (Å²) >= 11 is 0. The van der Waals surface area contributed by atoms with Gasteiger partial charge in [0.1, 0.15) is 11.6 Å². The van der Waals surface area contributed by atoms with Crippen LogP contribution in [0.1, 0.15) is 45.4 Å². The minimum absolute atomic E-state index is 0.0796. The lowest BCUT2D eigenvalue weighted by Crippen LogP contribution is -2.40. The first kappa shape index (κ1) is 19.0. The molecule has 5 heteroatoms. The highest BCUT2D eigenvalue weighted by Crippen LogP contribution is 2.32. The van der Waals surface area contributed by atoms with Crippen molar-refractivity contribution in [2.45, 2.75) is 52.0 Å². The van der Waals surface area contributed by atoms with Crippen LogP contribution in [0.2, 0.25) is 0 Å². The van der Waals surface area contributed by atoms with Crippen LogP contribution in [0.5, 0.6) is 5.75 Å². The first-order valence-corrected chi connectivity index (χ1v) is 10.7. The second-order valence-corrected chi connectivity index (χ2v) is 8.40. The van der Waals surface area contributed by atoms with Crippen molar-refractivity contribution in [3.05, 3.63) is 36.7 Å². The second kappa shape index (κ2) is 8.80. The number of hydrogen-bond acceptors (Lipinski definition) is 3. The van der Waals surface area contributed by atoms with Crippen LogP contribution < -0.4 is 4.74 Å². The molecule has 2 aliphatic rings. The molecule has 0 atom stereocenters. The highest BCUT2D eigenvalue weighted by atomic mass is 16.5. The summed E-state index contributed by atoms with van der Waals surface area (Å²) in [7, 11) is 0. The van der Waals surface area contributed by atoms with Gasteiger partial charge in [-0.25, -0.2) is 4.98 Å². The van der Waals surface area contributed by atoms with E-state index in [1.165, 1.54) is 25.7 Å². The summed E-state index contributed by atoms with van der Waals surface area (Å²) in [4.78, 5) is 19.1. The lowest BCUT2D eigenvalue weighted by Gasteiger charge is -2.30. The number of likely N-dealkylation sites (tertiary alicyclic amines) is 1. The molecule has 1 aromatic heterocycles. The third-order valence-electron chi connectivity index (χ3n) is 6.26. The minimum Gasteiger partial charge on any atom is -0.483 e. The number of aromatic nitrogens is 2. The van der Waals surface area contributed by atoms with E-state index < -0.39 is 0 Å². The van der Waals surface area contributed by atoms with Gasteiger partial charge in [0.2, 0.25) is 0 Å². The summed E-state index contributed by atoms with van der Waals surface area (Å²) in [6, 6.07) is 7.94. The summed E-state index contributed by atoms with van der Waals surface area (Å²) in [5.41, 5.74) is 0.963. The van der Waals surface area contributed by atoms with E-state index in [9.17, 15) is 4.79 Å². The molecule has 0 bridgehead atoms. The lowest BCUT2D eigenvalue weighted by atomic mass is 9.99. The molecule has 28 heavy (non-hydrogen) atoms. The molecule has 1 aliphatic heterocycles. The SMILES string of the molecule is CC1CCN(C(=O)COc2ccccc2-c2nccn2CC2CCCC2)CC1. The molecule has 0 radical (unpaired) electrons. The number of amides is 1. The number of carbonyl (C=O) groups excluding carboxylic acids is 1. The Morgan fingerprint density at radius 3 is 2.68 bits per heavy atom. The Balaban J connectivity index is 1.44. The van der Waals surface area contributed by atoms with E-state index in [1.807, 2.05) is 35.4 Å². The zero-order valence-corrected chi connectivity index (χ0v) is 16.8. The van der Waals surface area contributed by atoms with Crippen LogP contribution in [0.3, 0.4) is 0 Å². The quantitative estimate of drug-likeness (QED) is 0.746. The van der Waals surface area contributed by atoms with Gasteiger partial charge in [0.15, 0.2) is 6.61 Å². The number of carbonyl (C=O) groups is 1.